The average Bonchev–Trinajstić information content (AvgIpc) is 2.15. The Bertz CT molecular complexity index is 297. The standard InChI is InChI=1S/C9H10N2O/c10-11-8(6-9(11)12)7-4-2-1-3-5-7/h1-5,8H,6,10H2. The first-order valence-electron chi connectivity index (χ1n) is 3.91. The highest BCUT2D eigenvalue weighted by atomic mass is 16.2. The lowest BCUT2D eigenvalue weighted by atomic mass is 9.96. The molecule has 1 heterocycles. The fraction of sp³-hybridized carbons (Fsp3) is 0.222. The van der Waals surface area contributed by atoms with Crippen molar-refractivity contribution < 1.29 is 4.79 Å². The number of hydrazine groups is 1. The van der Waals surface area contributed by atoms with Crippen LogP contribution in [-0.4, -0.2) is 10.9 Å². The first kappa shape index (κ1) is 7.31. The molecule has 0 bridgehead atoms. The fourth-order valence-corrected chi connectivity index (χ4v) is 1.38. The molecule has 0 spiro atoms. The van der Waals surface area contributed by atoms with E-state index in [0.717, 1.165) is 5.56 Å². The molecule has 3 nitrogen and oxygen atoms in total. The van der Waals surface area contributed by atoms with Gasteiger partial charge in [-0.3, -0.25) is 9.80 Å². The van der Waals surface area contributed by atoms with Gasteiger partial charge in [0.25, 0.3) is 0 Å². The Hall–Kier alpha value is -1.35. The molecular formula is C9H10N2O. The van der Waals surface area contributed by atoms with E-state index in [0.29, 0.717) is 6.42 Å². The Morgan fingerprint density at radius 3 is 2.50 bits per heavy atom. The van der Waals surface area contributed by atoms with E-state index in [9.17, 15) is 4.79 Å². The Labute approximate surface area is 70.8 Å². The summed E-state index contributed by atoms with van der Waals surface area (Å²) in [6.45, 7) is 0. The lowest BCUT2D eigenvalue weighted by Gasteiger charge is -2.36. The van der Waals surface area contributed by atoms with Gasteiger partial charge in [-0.15, -0.1) is 0 Å². The molecule has 2 N–H and O–H groups in total. The van der Waals surface area contributed by atoms with Gasteiger partial charge in [0.1, 0.15) is 0 Å². The maximum Gasteiger partial charge on any atom is 0.239 e. The molecule has 0 radical (unpaired) electrons. The smallest absolute Gasteiger partial charge is 0.239 e. The minimum Gasteiger partial charge on any atom is -0.273 e. The van der Waals surface area contributed by atoms with Crippen LogP contribution in [0.25, 0.3) is 0 Å². The highest BCUT2D eigenvalue weighted by Gasteiger charge is 2.34. The monoisotopic (exact) mass is 162 g/mol. The van der Waals surface area contributed by atoms with Gasteiger partial charge in [-0.25, -0.2) is 5.84 Å². The molecule has 12 heavy (non-hydrogen) atoms. The van der Waals surface area contributed by atoms with Crippen LogP contribution in [0.15, 0.2) is 30.3 Å². The molecule has 0 saturated carbocycles. The van der Waals surface area contributed by atoms with Crippen LogP contribution in [0.4, 0.5) is 0 Å². The molecule has 1 unspecified atom stereocenters. The number of rotatable bonds is 1. The molecular weight excluding hydrogens is 152 g/mol. The molecule has 2 rings (SSSR count). The molecule has 1 aromatic rings. The second-order valence-electron chi connectivity index (χ2n) is 2.93. The average molecular weight is 162 g/mol. The first-order valence-corrected chi connectivity index (χ1v) is 3.91. The van der Waals surface area contributed by atoms with E-state index >= 15 is 0 Å². The molecule has 1 saturated heterocycles. The van der Waals surface area contributed by atoms with Crippen LogP contribution in [0.5, 0.6) is 0 Å². The van der Waals surface area contributed by atoms with Gasteiger partial charge in [-0.1, -0.05) is 30.3 Å². The van der Waals surface area contributed by atoms with Gasteiger partial charge in [0.05, 0.1) is 12.5 Å². The number of hydrogen-bond donors (Lipinski definition) is 1. The van der Waals surface area contributed by atoms with Crippen molar-refractivity contribution in [3.05, 3.63) is 35.9 Å². The van der Waals surface area contributed by atoms with E-state index in [1.165, 1.54) is 5.01 Å². The SMILES string of the molecule is NN1C(=O)CC1c1ccccc1. The normalized spacial score (nSPS) is 22.2. The molecule has 1 aliphatic rings. The molecule has 1 aromatic carbocycles. The number of nitrogens with two attached hydrogens (primary N) is 1. The summed E-state index contributed by atoms with van der Waals surface area (Å²) in [6.07, 6.45) is 0.542. The van der Waals surface area contributed by atoms with Gasteiger partial charge < -0.3 is 0 Å². The summed E-state index contributed by atoms with van der Waals surface area (Å²) in [7, 11) is 0. The Balaban J connectivity index is 2.18. The maximum absolute atomic E-state index is 10.8. The molecule has 1 atom stereocenters. The molecule has 62 valence electrons. The van der Waals surface area contributed by atoms with Crippen molar-refractivity contribution in [2.24, 2.45) is 5.84 Å². The summed E-state index contributed by atoms with van der Waals surface area (Å²) < 4.78 is 0. The highest BCUT2D eigenvalue weighted by molar-refractivity contribution is 5.82. The first-order chi connectivity index (χ1) is 5.79. The summed E-state index contributed by atoms with van der Waals surface area (Å²) in [5.74, 6) is 5.50. The van der Waals surface area contributed by atoms with E-state index < -0.39 is 0 Å². The highest BCUT2D eigenvalue weighted by Crippen LogP contribution is 2.30. The maximum atomic E-state index is 10.8. The predicted molar refractivity (Wildman–Crippen MR) is 44.8 cm³/mol. The number of β-lactam (4-membered cyclic amide) rings is 1. The number of hydrogen-bond acceptors (Lipinski definition) is 2. The molecule has 1 amide bonds. The summed E-state index contributed by atoms with van der Waals surface area (Å²) >= 11 is 0. The van der Waals surface area contributed by atoms with E-state index in [1.807, 2.05) is 30.3 Å². The van der Waals surface area contributed by atoms with Crippen LogP contribution in [-0.2, 0) is 4.79 Å². The third-order valence-corrected chi connectivity index (χ3v) is 2.18. The second kappa shape index (κ2) is 2.60. The number of benzene rings is 1. The number of carbonyl (C=O) groups excluding carboxylic acids is 1. The van der Waals surface area contributed by atoms with E-state index in [2.05, 4.69) is 0 Å². The number of nitrogens with zero attached hydrogens (tertiary/aromatic N) is 1. The third-order valence-electron chi connectivity index (χ3n) is 2.18. The van der Waals surface area contributed by atoms with E-state index in [-0.39, 0.29) is 11.9 Å². The van der Waals surface area contributed by atoms with Crippen molar-refractivity contribution in [3.8, 4) is 0 Å². The Morgan fingerprint density at radius 2 is 2.00 bits per heavy atom. The topological polar surface area (TPSA) is 46.3 Å². The molecule has 1 fully saturated rings. The molecule has 0 aromatic heterocycles. The fourth-order valence-electron chi connectivity index (χ4n) is 1.38. The zero-order chi connectivity index (χ0) is 8.55. The van der Waals surface area contributed by atoms with Gasteiger partial charge in [0.15, 0.2) is 0 Å². The summed E-state index contributed by atoms with van der Waals surface area (Å²) in [6, 6.07) is 9.91. The van der Waals surface area contributed by atoms with Crippen molar-refractivity contribution in [2.75, 3.05) is 0 Å². The summed E-state index contributed by atoms with van der Waals surface area (Å²) in [5, 5.41) is 1.29. The van der Waals surface area contributed by atoms with Gasteiger partial charge in [0, 0.05) is 0 Å². The van der Waals surface area contributed by atoms with Gasteiger partial charge >= 0.3 is 0 Å². The quantitative estimate of drug-likeness (QED) is 0.378. The van der Waals surface area contributed by atoms with Crippen LogP contribution in [0.1, 0.15) is 18.0 Å². The number of carbonyl (C=O) groups is 1. The van der Waals surface area contributed by atoms with Crippen LogP contribution in [0, 0.1) is 0 Å². The summed E-state index contributed by atoms with van der Waals surface area (Å²) in [5.41, 5.74) is 1.11. The Morgan fingerprint density at radius 1 is 1.33 bits per heavy atom. The van der Waals surface area contributed by atoms with Crippen molar-refractivity contribution >= 4 is 5.91 Å². The van der Waals surface area contributed by atoms with E-state index in [4.69, 9.17) is 5.84 Å². The minimum atomic E-state index is 0.0175. The predicted octanol–water partition coefficient (Wildman–Crippen LogP) is 0.834. The van der Waals surface area contributed by atoms with Crippen molar-refractivity contribution in [3.63, 3.8) is 0 Å². The Kier molecular flexibility index (Phi) is 1.59. The minimum absolute atomic E-state index is 0.0175. The molecule has 1 aliphatic heterocycles. The third kappa shape index (κ3) is 0.987. The number of amides is 1. The van der Waals surface area contributed by atoms with Gasteiger partial charge in [0.2, 0.25) is 5.91 Å². The van der Waals surface area contributed by atoms with Crippen molar-refractivity contribution in [1.29, 1.82) is 0 Å². The van der Waals surface area contributed by atoms with Gasteiger partial charge in [-0.05, 0) is 5.56 Å². The van der Waals surface area contributed by atoms with Crippen LogP contribution >= 0.6 is 0 Å². The van der Waals surface area contributed by atoms with Crippen LogP contribution in [0.2, 0.25) is 0 Å². The van der Waals surface area contributed by atoms with Gasteiger partial charge in [-0.2, -0.15) is 0 Å². The lowest BCUT2D eigenvalue weighted by Crippen LogP contribution is -2.50. The lowest BCUT2D eigenvalue weighted by molar-refractivity contribution is -0.146. The molecule has 0 aliphatic carbocycles. The molecule has 3 heteroatoms. The van der Waals surface area contributed by atoms with Crippen molar-refractivity contribution in [1.82, 2.24) is 5.01 Å². The summed E-state index contributed by atoms with van der Waals surface area (Å²) in [4.78, 5) is 10.8. The van der Waals surface area contributed by atoms with Crippen LogP contribution in [0.3, 0.4) is 0 Å². The largest absolute Gasteiger partial charge is 0.273 e. The van der Waals surface area contributed by atoms with Crippen molar-refractivity contribution in [2.45, 2.75) is 12.5 Å². The van der Waals surface area contributed by atoms with E-state index in [1.54, 1.807) is 0 Å². The second-order valence-corrected chi connectivity index (χ2v) is 2.93. The zero-order valence-electron chi connectivity index (χ0n) is 6.60. The zero-order valence-corrected chi connectivity index (χ0v) is 6.60. The van der Waals surface area contributed by atoms with Crippen LogP contribution < -0.4 is 5.84 Å².